The summed E-state index contributed by atoms with van der Waals surface area (Å²) in [5, 5.41) is 9.67. The van der Waals surface area contributed by atoms with E-state index in [1.54, 1.807) is 0 Å². The van der Waals surface area contributed by atoms with Crippen LogP contribution in [0.3, 0.4) is 0 Å². The van der Waals surface area contributed by atoms with Crippen molar-refractivity contribution in [1.82, 2.24) is 13.7 Å². The minimum absolute atomic E-state index is 0.876. The van der Waals surface area contributed by atoms with Crippen molar-refractivity contribution in [1.29, 1.82) is 0 Å². The first-order valence-corrected chi connectivity index (χ1v) is 21.9. The van der Waals surface area contributed by atoms with E-state index in [0.717, 1.165) is 50.1 Å². The van der Waals surface area contributed by atoms with E-state index in [4.69, 9.17) is 4.42 Å². The summed E-state index contributed by atoms with van der Waals surface area (Å²) < 4.78 is 13.7. The van der Waals surface area contributed by atoms with Crippen molar-refractivity contribution >= 4 is 87.4 Å². The zero-order chi connectivity index (χ0) is 41.9. The monoisotopic (exact) mass is 815 g/mol. The molecule has 4 nitrogen and oxygen atoms in total. The Morgan fingerprint density at radius 2 is 0.719 bits per heavy atom. The van der Waals surface area contributed by atoms with E-state index < -0.39 is 0 Å². The maximum Gasteiger partial charge on any atom is 0.135 e. The standard InChI is InChI=1S/C60H37N3O/c1-2-15-41(16-3-1)61-55-26-11-7-21-48(55)60-44(22-13-27-57(60)61)40-28-31-56-49(36-40)47-20-6-10-25-54(47)63(56)43-30-33-59-51(37-43)50-35-39(29-32-58(50)64-59)38-14-12-17-42(34-38)62-52-23-8-4-18-45(52)46-19-5-9-24-53(46)62/h1-37H. The summed E-state index contributed by atoms with van der Waals surface area (Å²) in [5.41, 5.74) is 17.0. The molecular formula is C60H37N3O. The van der Waals surface area contributed by atoms with Gasteiger partial charge in [-0.3, -0.25) is 0 Å². The van der Waals surface area contributed by atoms with Crippen molar-refractivity contribution < 1.29 is 4.42 Å². The lowest BCUT2D eigenvalue weighted by Crippen LogP contribution is -1.94. The van der Waals surface area contributed by atoms with E-state index in [2.05, 4.69) is 238 Å². The lowest BCUT2D eigenvalue weighted by Gasteiger charge is -2.11. The number of nitrogens with zero attached hydrogens (tertiary/aromatic N) is 3. The number of para-hydroxylation sites is 5. The summed E-state index contributed by atoms with van der Waals surface area (Å²) >= 11 is 0. The average molecular weight is 816 g/mol. The molecule has 0 saturated carbocycles. The molecule has 4 heteroatoms. The Kier molecular flexibility index (Phi) is 7.36. The fourth-order valence-electron chi connectivity index (χ4n) is 10.6. The highest BCUT2D eigenvalue weighted by atomic mass is 16.3. The van der Waals surface area contributed by atoms with Crippen molar-refractivity contribution in [2.45, 2.75) is 0 Å². The van der Waals surface area contributed by atoms with Crippen LogP contribution in [-0.4, -0.2) is 13.7 Å². The van der Waals surface area contributed by atoms with Gasteiger partial charge < -0.3 is 18.1 Å². The SMILES string of the molecule is c1ccc(-n2c3ccccc3c3c(-c4ccc5c(c4)c4ccccc4n5-c4ccc5oc6ccc(-c7cccc(-n8c9ccccc9c9ccccc98)c7)cc6c5c4)cccc32)cc1. The molecule has 0 atom stereocenters. The Hall–Kier alpha value is -8.60. The molecule has 0 aliphatic heterocycles. The van der Waals surface area contributed by atoms with E-state index in [0.29, 0.717) is 0 Å². The van der Waals surface area contributed by atoms with Crippen LogP contribution in [0, 0.1) is 0 Å². The first kappa shape index (κ1) is 35.0. The summed E-state index contributed by atoms with van der Waals surface area (Å²) in [4.78, 5) is 0. The zero-order valence-corrected chi connectivity index (χ0v) is 34.6. The number of fused-ring (bicyclic) bond motifs is 12. The second-order valence-corrected chi connectivity index (χ2v) is 16.9. The van der Waals surface area contributed by atoms with Gasteiger partial charge in [0.1, 0.15) is 11.2 Å². The van der Waals surface area contributed by atoms with Gasteiger partial charge in [0.15, 0.2) is 0 Å². The molecule has 14 aromatic rings. The van der Waals surface area contributed by atoms with Crippen LogP contribution in [-0.2, 0) is 0 Å². The molecule has 0 N–H and O–H groups in total. The quantitative estimate of drug-likeness (QED) is 0.170. The first-order valence-electron chi connectivity index (χ1n) is 21.9. The van der Waals surface area contributed by atoms with Crippen LogP contribution in [0.15, 0.2) is 229 Å². The molecule has 64 heavy (non-hydrogen) atoms. The third-order valence-corrected chi connectivity index (χ3v) is 13.4. The third kappa shape index (κ3) is 5.05. The normalized spacial score (nSPS) is 12.1. The van der Waals surface area contributed by atoms with Gasteiger partial charge in [0, 0.05) is 60.2 Å². The van der Waals surface area contributed by atoms with Gasteiger partial charge in [0.05, 0.1) is 33.1 Å². The lowest BCUT2D eigenvalue weighted by molar-refractivity contribution is 0.669. The Balaban J connectivity index is 0.907. The van der Waals surface area contributed by atoms with Crippen LogP contribution in [0.4, 0.5) is 0 Å². The molecular weight excluding hydrogens is 779 g/mol. The van der Waals surface area contributed by atoms with Crippen LogP contribution in [0.5, 0.6) is 0 Å². The number of benzene rings is 10. The highest BCUT2D eigenvalue weighted by molar-refractivity contribution is 6.18. The molecule has 298 valence electrons. The number of aromatic nitrogens is 3. The highest BCUT2D eigenvalue weighted by Gasteiger charge is 2.20. The van der Waals surface area contributed by atoms with Crippen LogP contribution >= 0.6 is 0 Å². The van der Waals surface area contributed by atoms with Gasteiger partial charge in [-0.05, 0) is 119 Å². The molecule has 0 unspecified atom stereocenters. The number of furan rings is 1. The fourth-order valence-corrected chi connectivity index (χ4v) is 10.6. The van der Waals surface area contributed by atoms with Crippen LogP contribution in [0.1, 0.15) is 0 Å². The molecule has 10 aromatic carbocycles. The molecule has 0 radical (unpaired) electrons. The van der Waals surface area contributed by atoms with Crippen molar-refractivity contribution in [3.63, 3.8) is 0 Å². The van der Waals surface area contributed by atoms with Crippen LogP contribution in [0.25, 0.3) is 127 Å². The Morgan fingerprint density at radius 1 is 0.250 bits per heavy atom. The summed E-state index contributed by atoms with van der Waals surface area (Å²) in [6, 6.07) is 81.4. The third-order valence-electron chi connectivity index (χ3n) is 13.4. The number of hydrogen-bond acceptors (Lipinski definition) is 1. The second kappa shape index (κ2) is 13.4. The molecule has 0 aliphatic rings. The predicted molar refractivity (Wildman–Crippen MR) is 268 cm³/mol. The van der Waals surface area contributed by atoms with Gasteiger partial charge in [0.25, 0.3) is 0 Å². The molecule has 0 spiro atoms. The molecule has 4 heterocycles. The molecule has 0 bridgehead atoms. The van der Waals surface area contributed by atoms with Crippen LogP contribution in [0.2, 0.25) is 0 Å². The first-order chi connectivity index (χ1) is 31.7. The van der Waals surface area contributed by atoms with Crippen molar-refractivity contribution in [2.24, 2.45) is 0 Å². The predicted octanol–water partition coefficient (Wildman–Crippen LogP) is 16.2. The smallest absolute Gasteiger partial charge is 0.135 e. The van der Waals surface area contributed by atoms with Crippen molar-refractivity contribution in [3.8, 4) is 39.3 Å². The Morgan fingerprint density at radius 3 is 1.44 bits per heavy atom. The molecule has 4 aromatic heterocycles. The maximum absolute atomic E-state index is 6.51. The maximum atomic E-state index is 6.51. The zero-order valence-electron chi connectivity index (χ0n) is 34.6. The van der Waals surface area contributed by atoms with Gasteiger partial charge >= 0.3 is 0 Å². The minimum Gasteiger partial charge on any atom is -0.456 e. The van der Waals surface area contributed by atoms with Gasteiger partial charge in [-0.15, -0.1) is 0 Å². The van der Waals surface area contributed by atoms with Crippen molar-refractivity contribution in [2.75, 3.05) is 0 Å². The van der Waals surface area contributed by atoms with E-state index in [9.17, 15) is 0 Å². The minimum atomic E-state index is 0.876. The molecule has 0 saturated heterocycles. The van der Waals surface area contributed by atoms with Gasteiger partial charge in [0.2, 0.25) is 0 Å². The molecule has 0 amide bonds. The van der Waals surface area contributed by atoms with E-state index in [1.165, 1.54) is 76.5 Å². The van der Waals surface area contributed by atoms with Gasteiger partial charge in [-0.1, -0.05) is 127 Å². The highest BCUT2D eigenvalue weighted by Crippen LogP contribution is 2.42. The lowest BCUT2D eigenvalue weighted by atomic mass is 9.98. The number of rotatable bonds is 5. The Labute approximate surface area is 367 Å². The summed E-state index contributed by atoms with van der Waals surface area (Å²) in [5.74, 6) is 0. The molecule has 0 fully saturated rings. The summed E-state index contributed by atoms with van der Waals surface area (Å²) in [7, 11) is 0. The molecule has 0 aliphatic carbocycles. The topological polar surface area (TPSA) is 27.9 Å². The summed E-state index contributed by atoms with van der Waals surface area (Å²) in [6.45, 7) is 0. The second-order valence-electron chi connectivity index (χ2n) is 16.9. The van der Waals surface area contributed by atoms with E-state index in [1.807, 2.05) is 0 Å². The van der Waals surface area contributed by atoms with Gasteiger partial charge in [-0.2, -0.15) is 0 Å². The van der Waals surface area contributed by atoms with Crippen molar-refractivity contribution in [3.05, 3.63) is 224 Å². The fraction of sp³-hybridized carbons (Fsp3) is 0. The van der Waals surface area contributed by atoms with E-state index >= 15 is 0 Å². The largest absolute Gasteiger partial charge is 0.456 e. The molecule has 14 rings (SSSR count). The Bertz CT molecular complexity index is 4140. The van der Waals surface area contributed by atoms with Crippen LogP contribution < -0.4 is 0 Å². The van der Waals surface area contributed by atoms with Gasteiger partial charge in [-0.25, -0.2) is 0 Å². The average Bonchev–Trinajstić information content (AvgIpc) is 4.10. The number of hydrogen-bond donors (Lipinski definition) is 0. The van der Waals surface area contributed by atoms with E-state index in [-0.39, 0.29) is 0 Å². The summed E-state index contributed by atoms with van der Waals surface area (Å²) in [6.07, 6.45) is 0.